The summed E-state index contributed by atoms with van der Waals surface area (Å²) in [5.74, 6) is 0. The van der Waals surface area contributed by atoms with Gasteiger partial charge in [0.1, 0.15) is 0 Å². The molecule has 1 aliphatic rings. The predicted octanol–water partition coefficient (Wildman–Crippen LogP) is 0.829. The maximum absolute atomic E-state index is 8.70. The molecular weight excluding hydrogens is 191 g/mol. The quantitative estimate of drug-likeness (QED) is 0.379. The summed E-state index contributed by atoms with van der Waals surface area (Å²) in [6.45, 7) is 1.95. The minimum Gasteiger partial charge on any atom is -0.316 e. The van der Waals surface area contributed by atoms with Gasteiger partial charge in [0.2, 0.25) is 0 Å². The third-order valence-corrected chi connectivity index (χ3v) is 1.47. The minimum atomic E-state index is -2.87. The topological polar surface area (TPSA) is 110 Å². The first kappa shape index (κ1) is 15.4. The van der Waals surface area contributed by atoms with Crippen molar-refractivity contribution in [2.45, 2.75) is 45.2 Å². The highest BCUT2D eigenvalue weighted by atomic mass is 31.1. The van der Waals surface area contributed by atoms with E-state index in [1.807, 2.05) is 6.92 Å². The van der Waals surface area contributed by atoms with Crippen LogP contribution in [0.15, 0.2) is 0 Å². The molecule has 5 nitrogen and oxygen atoms in total. The van der Waals surface area contributed by atoms with E-state index in [0.29, 0.717) is 0 Å². The molecule has 0 bridgehead atoms. The van der Waals surface area contributed by atoms with E-state index >= 15 is 0 Å². The largest absolute Gasteiger partial charge is 0.692 e. The van der Waals surface area contributed by atoms with E-state index in [0.717, 1.165) is 6.42 Å². The highest BCUT2D eigenvalue weighted by Gasteiger charge is 1.95. The molecule has 0 aromatic carbocycles. The van der Waals surface area contributed by atoms with Gasteiger partial charge in [-0.25, -0.2) is 0 Å². The summed E-state index contributed by atoms with van der Waals surface area (Å²) in [5, 5.41) is 0. The van der Waals surface area contributed by atoms with Crippen LogP contribution in [0.2, 0.25) is 0 Å². The molecule has 0 aromatic rings. The molecule has 0 unspecified atom stereocenters. The van der Waals surface area contributed by atoms with Crippen molar-refractivity contribution in [1.29, 1.82) is 0 Å². The van der Waals surface area contributed by atoms with Gasteiger partial charge in [0, 0.05) is 4.57 Å². The van der Waals surface area contributed by atoms with Gasteiger partial charge in [-0.1, -0.05) is 32.6 Å². The lowest BCUT2D eigenvalue weighted by molar-refractivity contribution is 0.405. The van der Waals surface area contributed by atoms with Gasteiger partial charge >= 0.3 is 8.25 Å². The molecule has 6 heteroatoms. The molecule has 1 fully saturated rings. The lowest BCUT2D eigenvalue weighted by atomic mass is 10.0. The van der Waals surface area contributed by atoms with Crippen molar-refractivity contribution in [1.82, 2.24) is 0 Å². The van der Waals surface area contributed by atoms with Gasteiger partial charge in [-0.2, -0.15) is 0 Å². The van der Waals surface area contributed by atoms with Crippen molar-refractivity contribution in [3.05, 3.63) is 0 Å². The molecule has 1 aliphatic carbocycles. The van der Waals surface area contributed by atoms with Crippen LogP contribution in [0.5, 0.6) is 0 Å². The Kier molecular flexibility index (Phi) is 14.2. The monoisotopic (exact) mass is 211 g/mol. The molecule has 0 aromatic heterocycles. The molecule has 6 N–H and O–H groups in total. The van der Waals surface area contributed by atoms with E-state index in [-0.39, 0.29) is 6.17 Å². The Morgan fingerprint density at radius 1 is 1.23 bits per heavy atom. The SMILES string of the molecule is C1CCC1.CCC(N)N.O=[P+](O)O. The van der Waals surface area contributed by atoms with Gasteiger partial charge in [0.05, 0.1) is 6.17 Å². The summed E-state index contributed by atoms with van der Waals surface area (Å²) < 4.78 is 8.70. The van der Waals surface area contributed by atoms with Crippen LogP contribution in [-0.4, -0.2) is 16.0 Å². The fraction of sp³-hybridized carbons (Fsp3) is 1.00. The summed E-state index contributed by atoms with van der Waals surface area (Å²) in [6, 6.07) is 0. The lowest BCUT2D eigenvalue weighted by Gasteiger charge is -2.05. The van der Waals surface area contributed by atoms with Crippen molar-refractivity contribution in [3.63, 3.8) is 0 Å². The van der Waals surface area contributed by atoms with Crippen molar-refractivity contribution in [3.8, 4) is 0 Å². The summed E-state index contributed by atoms with van der Waals surface area (Å²) >= 11 is 0. The highest BCUT2D eigenvalue weighted by Crippen LogP contribution is 2.15. The molecule has 0 amide bonds. The number of rotatable bonds is 1. The molecule has 0 aliphatic heterocycles. The zero-order chi connectivity index (χ0) is 10.7. The molecular formula is C7H20N2O3P+. The standard InChI is InChI=1S/C4H8.C3H10N2.HO3P/c1-2-4-3-1;1-2-3(4)5;1-4(2)3/h1-4H2;3H,2,4-5H2,1H3;(H-,1,2,3)/p+1. The van der Waals surface area contributed by atoms with Crippen LogP contribution in [0.25, 0.3) is 0 Å². The maximum Gasteiger partial charge on any atom is 0.692 e. The molecule has 1 saturated carbocycles. The van der Waals surface area contributed by atoms with Gasteiger partial charge in [0.25, 0.3) is 0 Å². The molecule has 13 heavy (non-hydrogen) atoms. The Morgan fingerprint density at radius 2 is 1.38 bits per heavy atom. The van der Waals surface area contributed by atoms with Crippen LogP contribution in [0.4, 0.5) is 0 Å². The summed E-state index contributed by atoms with van der Waals surface area (Å²) in [7, 11) is -2.87. The van der Waals surface area contributed by atoms with Gasteiger partial charge in [0.15, 0.2) is 0 Å². The molecule has 0 saturated heterocycles. The normalized spacial score (nSPS) is 13.1. The molecule has 0 spiro atoms. The third kappa shape index (κ3) is 33.4. The third-order valence-electron chi connectivity index (χ3n) is 1.47. The molecule has 0 atom stereocenters. The predicted molar refractivity (Wildman–Crippen MR) is 53.0 cm³/mol. The second-order valence-electron chi connectivity index (χ2n) is 2.74. The van der Waals surface area contributed by atoms with E-state index < -0.39 is 8.25 Å². The van der Waals surface area contributed by atoms with Crippen LogP contribution in [0, 0.1) is 0 Å². The first-order valence-corrected chi connectivity index (χ1v) is 5.53. The minimum absolute atomic E-state index is 0.116. The average molecular weight is 211 g/mol. The Morgan fingerprint density at radius 3 is 1.38 bits per heavy atom. The smallest absolute Gasteiger partial charge is 0.316 e. The van der Waals surface area contributed by atoms with Crippen LogP contribution in [-0.2, 0) is 4.57 Å². The van der Waals surface area contributed by atoms with E-state index in [2.05, 4.69) is 0 Å². The molecule has 0 radical (unpaired) electrons. The van der Waals surface area contributed by atoms with E-state index in [1.165, 1.54) is 25.7 Å². The van der Waals surface area contributed by atoms with Crippen LogP contribution < -0.4 is 11.5 Å². The zero-order valence-electron chi connectivity index (χ0n) is 8.02. The van der Waals surface area contributed by atoms with Crippen LogP contribution >= 0.6 is 8.25 Å². The Bertz CT molecular complexity index is 110. The van der Waals surface area contributed by atoms with Crippen LogP contribution in [0.3, 0.4) is 0 Å². The Labute approximate surface area is 80.1 Å². The van der Waals surface area contributed by atoms with Crippen LogP contribution in [0.1, 0.15) is 39.0 Å². The summed E-state index contributed by atoms with van der Waals surface area (Å²) in [4.78, 5) is 14.2. The molecule has 1 rings (SSSR count). The first-order chi connectivity index (χ1) is 6.00. The zero-order valence-corrected chi connectivity index (χ0v) is 8.91. The molecule has 0 heterocycles. The van der Waals surface area contributed by atoms with Crippen molar-refractivity contribution >= 4 is 8.25 Å². The van der Waals surface area contributed by atoms with Crippen molar-refractivity contribution in [2.24, 2.45) is 11.5 Å². The Balaban J connectivity index is 0. The van der Waals surface area contributed by atoms with Crippen molar-refractivity contribution < 1.29 is 14.4 Å². The summed E-state index contributed by atoms with van der Waals surface area (Å²) in [6.07, 6.45) is 6.75. The van der Waals surface area contributed by atoms with Gasteiger partial charge in [-0.3, -0.25) is 0 Å². The number of nitrogens with two attached hydrogens (primary N) is 2. The highest BCUT2D eigenvalue weighted by molar-refractivity contribution is 7.30. The number of hydrogen-bond donors (Lipinski definition) is 4. The lowest BCUT2D eigenvalue weighted by Crippen LogP contribution is -2.28. The van der Waals surface area contributed by atoms with E-state index in [1.54, 1.807) is 0 Å². The van der Waals surface area contributed by atoms with E-state index in [9.17, 15) is 0 Å². The van der Waals surface area contributed by atoms with E-state index in [4.69, 9.17) is 25.8 Å². The second-order valence-corrected chi connectivity index (χ2v) is 3.24. The van der Waals surface area contributed by atoms with Gasteiger partial charge in [-0.15, -0.1) is 9.79 Å². The summed E-state index contributed by atoms with van der Waals surface area (Å²) in [5.41, 5.74) is 10.1. The fourth-order valence-corrected chi connectivity index (χ4v) is 0.250. The van der Waals surface area contributed by atoms with Crippen molar-refractivity contribution in [2.75, 3.05) is 0 Å². The average Bonchev–Trinajstić information content (AvgIpc) is 1.82. The van der Waals surface area contributed by atoms with Gasteiger partial charge < -0.3 is 11.5 Å². The number of hydrogen-bond acceptors (Lipinski definition) is 3. The fourth-order valence-electron chi connectivity index (χ4n) is 0.250. The maximum atomic E-state index is 8.70. The Hall–Kier alpha value is -0.0600. The first-order valence-electron chi connectivity index (χ1n) is 4.36. The second kappa shape index (κ2) is 11.9. The molecule has 80 valence electrons. The van der Waals surface area contributed by atoms with Gasteiger partial charge in [-0.05, 0) is 6.42 Å².